The van der Waals surface area contributed by atoms with Gasteiger partial charge in [0.05, 0.1) is 27.9 Å². The van der Waals surface area contributed by atoms with Crippen LogP contribution in [0.4, 0.5) is 0 Å². The zero-order valence-corrected chi connectivity index (χ0v) is 10.6. The average Bonchev–Trinajstić information content (AvgIpc) is 2.97. The summed E-state index contributed by atoms with van der Waals surface area (Å²) in [5.41, 5.74) is 2.16. The maximum atomic E-state index is 6.38. The highest BCUT2D eigenvalue weighted by Crippen LogP contribution is 2.34. The van der Waals surface area contributed by atoms with Crippen LogP contribution in [0.15, 0.2) is 10.6 Å². The molecule has 92 valence electrons. The molecule has 0 unspecified atom stereocenters. The zero-order valence-electron chi connectivity index (χ0n) is 9.86. The molecule has 0 amide bonds. The van der Waals surface area contributed by atoms with Crippen molar-refractivity contribution >= 4 is 22.6 Å². The second kappa shape index (κ2) is 4.06. The van der Waals surface area contributed by atoms with E-state index in [1.807, 2.05) is 6.92 Å². The van der Waals surface area contributed by atoms with Crippen LogP contribution >= 0.6 is 11.6 Å². The fourth-order valence-corrected chi connectivity index (χ4v) is 2.18. The first-order valence-electron chi connectivity index (χ1n) is 5.52. The maximum Gasteiger partial charge on any atom is 0.251 e. The van der Waals surface area contributed by atoms with Crippen LogP contribution in [0.5, 0.6) is 0 Å². The molecule has 0 saturated heterocycles. The van der Waals surface area contributed by atoms with Gasteiger partial charge < -0.3 is 4.42 Å². The molecular weight excluding hydrogens is 254 g/mol. The largest absolute Gasteiger partial charge is 0.421 e. The van der Waals surface area contributed by atoms with Gasteiger partial charge in [-0.1, -0.05) is 18.5 Å². The summed E-state index contributed by atoms with van der Waals surface area (Å²) < 4.78 is 5.44. The summed E-state index contributed by atoms with van der Waals surface area (Å²) in [7, 11) is 0. The number of H-pyrrole nitrogens is 1. The standard InChI is InChI=1S/C11H10ClN5O/c1-3-7-8(11-17-15-5(2)18-11)9(12)6-4-13-16-10(6)14-7/h4H,3H2,1-2H3,(H,13,14,16). The molecule has 0 aliphatic rings. The molecule has 0 fully saturated rings. The second-order valence-electron chi connectivity index (χ2n) is 3.86. The Morgan fingerprint density at radius 1 is 1.39 bits per heavy atom. The highest BCUT2D eigenvalue weighted by molar-refractivity contribution is 6.37. The molecule has 6 nitrogen and oxygen atoms in total. The molecular formula is C11H10ClN5O. The minimum absolute atomic E-state index is 0.393. The first kappa shape index (κ1) is 11.2. The SMILES string of the molecule is CCc1nc2[nH]ncc2c(Cl)c1-c1nnc(C)o1. The lowest BCUT2D eigenvalue weighted by molar-refractivity contribution is 0.532. The third kappa shape index (κ3) is 1.57. The predicted molar refractivity (Wildman–Crippen MR) is 66.3 cm³/mol. The smallest absolute Gasteiger partial charge is 0.251 e. The lowest BCUT2D eigenvalue weighted by Gasteiger charge is -2.06. The van der Waals surface area contributed by atoms with Gasteiger partial charge in [-0.2, -0.15) is 5.10 Å². The van der Waals surface area contributed by atoms with Crippen LogP contribution in [0.25, 0.3) is 22.5 Å². The van der Waals surface area contributed by atoms with Gasteiger partial charge >= 0.3 is 0 Å². The Hall–Kier alpha value is -1.95. The van der Waals surface area contributed by atoms with Gasteiger partial charge in [-0.3, -0.25) is 5.10 Å². The number of aromatic nitrogens is 5. The lowest BCUT2D eigenvalue weighted by Crippen LogP contribution is -1.95. The van der Waals surface area contributed by atoms with Crippen LogP contribution in [-0.2, 0) is 6.42 Å². The van der Waals surface area contributed by atoms with Crippen molar-refractivity contribution in [2.45, 2.75) is 20.3 Å². The van der Waals surface area contributed by atoms with Gasteiger partial charge in [-0.15, -0.1) is 10.2 Å². The molecule has 0 atom stereocenters. The molecule has 0 bridgehead atoms. The van der Waals surface area contributed by atoms with Gasteiger partial charge in [0.2, 0.25) is 5.89 Å². The fourth-order valence-electron chi connectivity index (χ4n) is 1.85. The highest BCUT2D eigenvalue weighted by Gasteiger charge is 2.19. The van der Waals surface area contributed by atoms with E-state index in [4.69, 9.17) is 16.0 Å². The van der Waals surface area contributed by atoms with Gasteiger partial charge in [-0.25, -0.2) is 4.98 Å². The molecule has 0 spiro atoms. The van der Waals surface area contributed by atoms with Crippen molar-refractivity contribution in [3.8, 4) is 11.5 Å². The number of hydrogen-bond donors (Lipinski definition) is 1. The van der Waals surface area contributed by atoms with Crippen molar-refractivity contribution in [2.75, 3.05) is 0 Å². The first-order valence-corrected chi connectivity index (χ1v) is 5.90. The van der Waals surface area contributed by atoms with E-state index < -0.39 is 0 Å². The predicted octanol–water partition coefficient (Wildman–Crippen LogP) is 2.53. The monoisotopic (exact) mass is 263 g/mol. The van der Waals surface area contributed by atoms with E-state index in [0.29, 0.717) is 34.4 Å². The topological polar surface area (TPSA) is 80.5 Å². The lowest BCUT2D eigenvalue weighted by atomic mass is 10.1. The number of hydrogen-bond acceptors (Lipinski definition) is 5. The first-order chi connectivity index (χ1) is 8.70. The van der Waals surface area contributed by atoms with Gasteiger partial charge in [0.15, 0.2) is 5.65 Å². The van der Waals surface area contributed by atoms with Crippen LogP contribution in [0.3, 0.4) is 0 Å². The van der Waals surface area contributed by atoms with Crippen molar-refractivity contribution in [3.05, 3.63) is 22.8 Å². The molecule has 0 aliphatic heterocycles. The summed E-state index contributed by atoms with van der Waals surface area (Å²) in [6, 6.07) is 0. The highest BCUT2D eigenvalue weighted by atomic mass is 35.5. The number of pyridine rings is 1. The number of rotatable bonds is 2. The minimum atomic E-state index is 0.393. The summed E-state index contributed by atoms with van der Waals surface area (Å²) in [5, 5.41) is 15.9. The Kier molecular flexibility index (Phi) is 2.52. The molecule has 7 heteroatoms. The summed E-state index contributed by atoms with van der Waals surface area (Å²) >= 11 is 6.38. The van der Waals surface area contributed by atoms with Gasteiger partial charge in [0.25, 0.3) is 5.89 Å². The van der Waals surface area contributed by atoms with E-state index in [-0.39, 0.29) is 0 Å². The van der Waals surface area contributed by atoms with Crippen molar-refractivity contribution < 1.29 is 4.42 Å². The van der Waals surface area contributed by atoms with E-state index in [1.54, 1.807) is 13.1 Å². The molecule has 1 N–H and O–H groups in total. The van der Waals surface area contributed by atoms with Gasteiger partial charge in [0, 0.05) is 6.92 Å². The third-order valence-electron chi connectivity index (χ3n) is 2.69. The van der Waals surface area contributed by atoms with Crippen molar-refractivity contribution in [2.24, 2.45) is 0 Å². The second-order valence-corrected chi connectivity index (χ2v) is 4.24. The number of aromatic amines is 1. The summed E-state index contributed by atoms with van der Waals surface area (Å²) in [4.78, 5) is 4.47. The number of aryl methyl sites for hydroxylation is 2. The molecule has 0 aliphatic carbocycles. The van der Waals surface area contributed by atoms with Crippen LogP contribution in [0, 0.1) is 6.92 Å². The molecule has 0 saturated carbocycles. The van der Waals surface area contributed by atoms with E-state index in [2.05, 4.69) is 25.4 Å². The Labute approximate surface area is 107 Å². The quantitative estimate of drug-likeness (QED) is 0.768. The van der Waals surface area contributed by atoms with E-state index >= 15 is 0 Å². The molecule has 0 radical (unpaired) electrons. The average molecular weight is 264 g/mol. The van der Waals surface area contributed by atoms with Crippen LogP contribution < -0.4 is 0 Å². The normalized spacial score (nSPS) is 11.3. The van der Waals surface area contributed by atoms with Crippen LogP contribution in [0.2, 0.25) is 5.02 Å². The number of fused-ring (bicyclic) bond motifs is 1. The molecule has 18 heavy (non-hydrogen) atoms. The Bertz CT molecular complexity index is 717. The molecule has 3 aromatic rings. The van der Waals surface area contributed by atoms with E-state index in [1.165, 1.54) is 0 Å². The van der Waals surface area contributed by atoms with Crippen molar-refractivity contribution in [1.82, 2.24) is 25.4 Å². The summed E-state index contributed by atoms with van der Waals surface area (Å²) in [6.45, 7) is 3.73. The van der Waals surface area contributed by atoms with E-state index in [9.17, 15) is 0 Å². The van der Waals surface area contributed by atoms with Gasteiger partial charge in [-0.05, 0) is 6.42 Å². The summed E-state index contributed by atoms with van der Waals surface area (Å²) in [5.74, 6) is 0.889. The van der Waals surface area contributed by atoms with Crippen LogP contribution in [-0.4, -0.2) is 25.4 Å². The Morgan fingerprint density at radius 2 is 2.22 bits per heavy atom. The number of nitrogens with one attached hydrogen (secondary N) is 1. The number of nitrogens with zero attached hydrogens (tertiary/aromatic N) is 4. The molecule has 0 aromatic carbocycles. The molecule has 3 heterocycles. The molecule has 3 aromatic heterocycles. The molecule has 3 rings (SSSR count). The van der Waals surface area contributed by atoms with Crippen molar-refractivity contribution in [1.29, 1.82) is 0 Å². The van der Waals surface area contributed by atoms with E-state index in [0.717, 1.165) is 11.1 Å². The maximum absolute atomic E-state index is 6.38. The van der Waals surface area contributed by atoms with Crippen LogP contribution in [0.1, 0.15) is 18.5 Å². The Morgan fingerprint density at radius 3 is 2.89 bits per heavy atom. The number of halogens is 1. The fraction of sp³-hybridized carbons (Fsp3) is 0.273. The van der Waals surface area contributed by atoms with Gasteiger partial charge in [0.1, 0.15) is 0 Å². The third-order valence-corrected chi connectivity index (χ3v) is 3.08. The Balaban J connectivity index is 2.35. The summed E-state index contributed by atoms with van der Waals surface area (Å²) in [6.07, 6.45) is 2.35. The van der Waals surface area contributed by atoms with Crippen molar-refractivity contribution in [3.63, 3.8) is 0 Å². The minimum Gasteiger partial charge on any atom is -0.421 e. The zero-order chi connectivity index (χ0) is 12.7.